The topological polar surface area (TPSA) is 24.9 Å². The third-order valence-electron chi connectivity index (χ3n) is 3.74. The van der Waals surface area contributed by atoms with Crippen molar-refractivity contribution in [3.05, 3.63) is 65.0 Å². The lowest BCUT2D eigenvalue weighted by Crippen LogP contribution is -2.24. The third kappa shape index (κ3) is 3.91. The summed E-state index contributed by atoms with van der Waals surface area (Å²) in [5, 5.41) is 3.65. The van der Waals surface area contributed by atoms with E-state index in [4.69, 9.17) is 0 Å². The van der Waals surface area contributed by atoms with Crippen molar-refractivity contribution in [2.75, 3.05) is 6.54 Å². The van der Waals surface area contributed by atoms with Gasteiger partial charge in [0, 0.05) is 18.4 Å². The number of hydrogen-bond donors (Lipinski definition) is 1. The van der Waals surface area contributed by atoms with Crippen LogP contribution in [0.15, 0.2) is 42.7 Å². The quantitative estimate of drug-likeness (QED) is 0.857. The molecule has 2 heteroatoms. The second-order valence-electron chi connectivity index (χ2n) is 5.42. The minimum Gasteiger partial charge on any atom is -0.310 e. The predicted octanol–water partition coefficient (Wildman–Crippen LogP) is 3.98. The van der Waals surface area contributed by atoms with Gasteiger partial charge >= 0.3 is 0 Å². The van der Waals surface area contributed by atoms with Gasteiger partial charge in [0.1, 0.15) is 0 Å². The fourth-order valence-electron chi connectivity index (χ4n) is 2.36. The zero-order valence-electron chi connectivity index (χ0n) is 12.7. The average molecular weight is 268 g/mol. The molecule has 2 nitrogen and oxygen atoms in total. The molecule has 0 aliphatic rings. The molecule has 0 aliphatic carbocycles. The first-order valence-electron chi connectivity index (χ1n) is 7.40. The number of nitrogens with zero attached hydrogens (tertiary/aromatic N) is 1. The molecule has 0 fully saturated rings. The Morgan fingerprint density at radius 1 is 1.15 bits per heavy atom. The molecular formula is C18H24N2. The summed E-state index contributed by atoms with van der Waals surface area (Å²) in [4.78, 5) is 4.22. The van der Waals surface area contributed by atoms with Crippen molar-refractivity contribution in [3.8, 4) is 0 Å². The van der Waals surface area contributed by atoms with Gasteiger partial charge in [0.05, 0.1) is 0 Å². The van der Waals surface area contributed by atoms with E-state index in [0.717, 1.165) is 19.4 Å². The van der Waals surface area contributed by atoms with Crippen molar-refractivity contribution in [1.82, 2.24) is 10.3 Å². The standard InChI is InChI=1S/C18H24N2/c1-4-9-20-18(12-16-6-5-10-19-13-16)17-8-7-14(2)15(3)11-17/h5-8,10-11,13,18,20H,4,9,12H2,1-3H3. The molecule has 1 unspecified atom stereocenters. The summed E-state index contributed by atoms with van der Waals surface area (Å²) < 4.78 is 0. The fraction of sp³-hybridized carbons (Fsp3) is 0.389. The second kappa shape index (κ2) is 7.20. The van der Waals surface area contributed by atoms with Crippen molar-refractivity contribution >= 4 is 0 Å². The smallest absolute Gasteiger partial charge is 0.0361 e. The molecule has 0 radical (unpaired) electrons. The molecular weight excluding hydrogens is 244 g/mol. The maximum atomic E-state index is 4.22. The third-order valence-corrected chi connectivity index (χ3v) is 3.74. The Morgan fingerprint density at radius 3 is 2.65 bits per heavy atom. The molecule has 0 saturated heterocycles. The largest absolute Gasteiger partial charge is 0.310 e. The normalized spacial score (nSPS) is 12.3. The average Bonchev–Trinajstić information content (AvgIpc) is 2.47. The molecule has 0 bridgehead atoms. The summed E-state index contributed by atoms with van der Waals surface area (Å²) in [5.74, 6) is 0. The van der Waals surface area contributed by atoms with E-state index in [2.05, 4.69) is 55.3 Å². The number of benzene rings is 1. The summed E-state index contributed by atoms with van der Waals surface area (Å²) in [5.41, 5.74) is 5.35. The molecule has 2 rings (SSSR count). The molecule has 0 amide bonds. The van der Waals surface area contributed by atoms with E-state index < -0.39 is 0 Å². The van der Waals surface area contributed by atoms with Crippen molar-refractivity contribution in [2.45, 2.75) is 39.7 Å². The van der Waals surface area contributed by atoms with E-state index in [1.54, 1.807) is 0 Å². The van der Waals surface area contributed by atoms with Crippen LogP contribution >= 0.6 is 0 Å². The zero-order valence-corrected chi connectivity index (χ0v) is 12.7. The Morgan fingerprint density at radius 2 is 2.00 bits per heavy atom. The summed E-state index contributed by atoms with van der Waals surface area (Å²) in [6.07, 6.45) is 5.92. The van der Waals surface area contributed by atoms with Crippen molar-refractivity contribution < 1.29 is 0 Å². The summed E-state index contributed by atoms with van der Waals surface area (Å²) in [7, 11) is 0. The maximum Gasteiger partial charge on any atom is 0.0361 e. The highest BCUT2D eigenvalue weighted by atomic mass is 14.9. The second-order valence-corrected chi connectivity index (χ2v) is 5.42. The molecule has 20 heavy (non-hydrogen) atoms. The van der Waals surface area contributed by atoms with Gasteiger partial charge in [-0.05, 0) is 61.6 Å². The molecule has 2 aromatic rings. The van der Waals surface area contributed by atoms with Crippen LogP contribution in [0, 0.1) is 13.8 Å². The van der Waals surface area contributed by atoms with Crippen LogP contribution < -0.4 is 5.32 Å². The van der Waals surface area contributed by atoms with Crippen LogP contribution in [0.4, 0.5) is 0 Å². The van der Waals surface area contributed by atoms with Gasteiger partial charge in [0.2, 0.25) is 0 Å². The number of pyridine rings is 1. The van der Waals surface area contributed by atoms with Gasteiger partial charge in [-0.15, -0.1) is 0 Å². The molecule has 106 valence electrons. The molecule has 1 N–H and O–H groups in total. The lowest BCUT2D eigenvalue weighted by molar-refractivity contribution is 0.528. The van der Waals surface area contributed by atoms with Crippen molar-refractivity contribution in [2.24, 2.45) is 0 Å². The lowest BCUT2D eigenvalue weighted by Gasteiger charge is -2.20. The van der Waals surface area contributed by atoms with E-state index in [0.29, 0.717) is 6.04 Å². The molecule has 1 heterocycles. The van der Waals surface area contributed by atoms with E-state index in [1.807, 2.05) is 18.5 Å². The Balaban J connectivity index is 2.20. The number of rotatable bonds is 6. The summed E-state index contributed by atoms with van der Waals surface area (Å²) in [6.45, 7) is 7.58. The maximum absolute atomic E-state index is 4.22. The van der Waals surface area contributed by atoms with Crippen LogP contribution in [0.2, 0.25) is 0 Å². The van der Waals surface area contributed by atoms with Crippen LogP contribution in [0.5, 0.6) is 0 Å². The summed E-state index contributed by atoms with van der Waals surface area (Å²) >= 11 is 0. The number of aryl methyl sites for hydroxylation is 2. The SMILES string of the molecule is CCCNC(Cc1cccnc1)c1ccc(C)c(C)c1. The predicted molar refractivity (Wildman–Crippen MR) is 84.9 cm³/mol. The molecule has 1 atom stereocenters. The van der Waals surface area contributed by atoms with Crippen molar-refractivity contribution in [1.29, 1.82) is 0 Å². The van der Waals surface area contributed by atoms with Crippen LogP contribution in [0.3, 0.4) is 0 Å². The Bertz CT molecular complexity index is 534. The Labute approximate surface area is 122 Å². The van der Waals surface area contributed by atoms with E-state index in [1.165, 1.54) is 22.3 Å². The minimum absolute atomic E-state index is 0.360. The number of aromatic nitrogens is 1. The monoisotopic (exact) mass is 268 g/mol. The van der Waals surface area contributed by atoms with Crippen molar-refractivity contribution in [3.63, 3.8) is 0 Å². The van der Waals surface area contributed by atoms with Crippen LogP contribution in [-0.2, 0) is 6.42 Å². The van der Waals surface area contributed by atoms with Crippen LogP contribution in [0.1, 0.15) is 41.6 Å². The van der Waals surface area contributed by atoms with Crippen LogP contribution in [0.25, 0.3) is 0 Å². The van der Waals surface area contributed by atoms with Gasteiger partial charge in [-0.25, -0.2) is 0 Å². The van der Waals surface area contributed by atoms with Gasteiger partial charge in [0.25, 0.3) is 0 Å². The van der Waals surface area contributed by atoms with E-state index in [9.17, 15) is 0 Å². The first kappa shape index (κ1) is 14.7. The molecule has 0 spiro atoms. The number of nitrogens with one attached hydrogen (secondary N) is 1. The Kier molecular flexibility index (Phi) is 5.31. The minimum atomic E-state index is 0.360. The molecule has 0 saturated carbocycles. The number of hydrogen-bond acceptors (Lipinski definition) is 2. The lowest BCUT2D eigenvalue weighted by atomic mass is 9.96. The first-order chi connectivity index (χ1) is 9.70. The van der Waals surface area contributed by atoms with Gasteiger partial charge in [-0.1, -0.05) is 31.2 Å². The molecule has 0 aliphatic heterocycles. The van der Waals surface area contributed by atoms with E-state index >= 15 is 0 Å². The highest BCUT2D eigenvalue weighted by molar-refractivity contribution is 5.32. The van der Waals surface area contributed by atoms with Gasteiger partial charge in [-0.3, -0.25) is 4.98 Å². The van der Waals surface area contributed by atoms with Gasteiger partial charge in [0.15, 0.2) is 0 Å². The van der Waals surface area contributed by atoms with Crippen LogP contribution in [-0.4, -0.2) is 11.5 Å². The molecule has 1 aromatic heterocycles. The Hall–Kier alpha value is -1.67. The molecule has 1 aromatic carbocycles. The zero-order chi connectivity index (χ0) is 14.4. The van der Waals surface area contributed by atoms with E-state index in [-0.39, 0.29) is 0 Å². The highest BCUT2D eigenvalue weighted by Crippen LogP contribution is 2.21. The highest BCUT2D eigenvalue weighted by Gasteiger charge is 2.12. The first-order valence-corrected chi connectivity index (χ1v) is 7.40. The van der Waals surface area contributed by atoms with Gasteiger partial charge < -0.3 is 5.32 Å². The van der Waals surface area contributed by atoms with Gasteiger partial charge in [-0.2, -0.15) is 0 Å². The fourth-order valence-corrected chi connectivity index (χ4v) is 2.36. The summed E-state index contributed by atoms with van der Waals surface area (Å²) in [6, 6.07) is 11.3.